The molecular formula is C12H15N3O. The minimum Gasteiger partial charge on any atom is -0.420 e. The Hall–Kier alpha value is -1.84. The minimum atomic E-state index is 0.229. The van der Waals surface area contributed by atoms with E-state index in [1.807, 2.05) is 39.0 Å². The average molecular weight is 217 g/mol. The Morgan fingerprint density at radius 3 is 2.62 bits per heavy atom. The number of rotatable bonds is 2. The van der Waals surface area contributed by atoms with Gasteiger partial charge in [0.15, 0.2) is 0 Å². The van der Waals surface area contributed by atoms with Crippen LogP contribution in [0.1, 0.15) is 31.2 Å². The molecule has 0 amide bonds. The van der Waals surface area contributed by atoms with Crippen molar-refractivity contribution in [1.29, 1.82) is 0 Å². The zero-order valence-electron chi connectivity index (χ0n) is 9.69. The number of hydrogen-bond acceptors (Lipinski definition) is 4. The first-order valence-corrected chi connectivity index (χ1v) is 5.28. The van der Waals surface area contributed by atoms with Gasteiger partial charge >= 0.3 is 0 Å². The van der Waals surface area contributed by atoms with Crippen LogP contribution in [0.3, 0.4) is 0 Å². The van der Waals surface area contributed by atoms with Gasteiger partial charge in [-0.2, -0.15) is 0 Å². The maximum Gasteiger partial charge on any atom is 0.249 e. The Morgan fingerprint density at radius 1 is 1.25 bits per heavy atom. The standard InChI is InChI=1S/C12H15N3O/c1-7(2)11-14-15-12(16-11)9-6-4-5-8(3)10(9)13/h4-7H,13H2,1-3H3. The number of benzene rings is 1. The largest absolute Gasteiger partial charge is 0.420 e. The molecule has 0 aliphatic heterocycles. The Labute approximate surface area is 94.5 Å². The van der Waals surface area contributed by atoms with Crippen LogP contribution in [-0.2, 0) is 0 Å². The summed E-state index contributed by atoms with van der Waals surface area (Å²) in [7, 11) is 0. The summed E-state index contributed by atoms with van der Waals surface area (Å²) in [5, 5.41) is 8.00. The summed E-state index contributed by atoms with van der Waals surface area (Å²) in [5.41, 5.74) is 8.49. The van der Waals surface area contributed by atoms with E-state index in [4.69, 9.17) is 10.2 Å². The highest BCUT2D eigenvalue weighted by atomic mass is 16.4. The number of nitrogens with zero attached hydrogens (tertiary/aromatic N) is 2. The Kier molecular flexibility index (Phi) is 2.64. The highest BCUT2D eigenvalue weighted by Crippen LogP contribution is 2.28. The number of hydrogen-bond donors (Lipinski definition) is 1. The van der Waals surface area contributed by atoms with E-state index in [1.54, 1.807) is 0 Å². The zero-order chi connectivity index (χ0) is 11.7. The summed E-state index contributed by atoms with van der Waals surface area (Å²) in [4.78, 5) is 0. The average Bonchev–Trinajstić information content (AvgIpc) is 2.71. The van der Waals surface area contributed by atoms with E-state index in [0.717, 1.165) is 11.1 Å². The van der Waals surface area contributed by atoms with Crippen molar-refractivity contribution in [2.75, 3.05) is 5.73 Å². The summed E-state index contributed by atoms with van der Waals surface area (Å²) in [6, 6.07) is 5.78. The van der Waals surface area contributed by atoms with Gasteiger partial charge < -0.3 is 10.2 Å². The van der Waals surface area contributed by atoms with Crippen LogP contribution in [0.15, 0.2) is 22.6 Å². The molecule has 1 aromatic carbocycles. The molecule has 0 saturated carbocycles. The van der Waals surface area contributed by atoms with Crippen molar-refractivity contribution in [2.45, 2.75) is 26.7 Å². The lowest BCUT2D eigenvalue weighted by Gasteiger charge is -2.03. The Bertz CT molecular complexity index is 503. The molecule has 0 bridgehead atoms. The summed E-state index contributed by atoms with van der Waals surface area (Å²) >= 11 is 0. The smallest absolute Gasteiger partial charge is 0.249 e. The van der Waals surface area contributed by atoms with Crippen LogP contribution in [0, 0.1) is 6.92 Å². The van der Waals surface area contributed by atoms with E-state index in [1.165, 1.54) is 0 Å². The molecule has 4 heteroatoms. The van der Waals surface area contributed by atoms with Gasteiger partial charge in [0.1, 0.15) is 0 Å². The number of aryl methyl sites for hydroxylation is 1. The van der Waals surface area contributed by atoms with Crippen LogP contribution in [0.2, 0.25) is 0 Å². The van der Waals surface area contributed by atoms with E-state index < -0.39 is 0 Å². The first-order valence-electron chi connectivity index (χ1n) is 5.28. The molecule has 2 aromatic rings. The van der Waals surface area contributed by atoms with Crippen molar-refractivity contribution in [3.8, 4) is 11.5 Å². The quantitative estimate of drug-likeness (QED) is 0.785. The molecule has 0 radical (unpaired) electrons. The van der Waals surface area contributed by atoms with Crippen molar-refractivity contribution in [1.82, 2.24) is 10.2 Å². The van der Waals surface area contributed by atoms with Crippen molar-refractivity contribution in [3.63, 3.8) is 0 Å². The summed E-state index contributed by atoms with van der Waals surface area (Å²) in [6.07, 6.45) is 0. The highest BCUT2D eigenvalue weighted by Gasteiger charge is 2.13. The fourth-order valence-corrected chi connectivity index (χ4v) is 1.44. The molecule has 0 aliphatic rings. The third-order valence-electron chi connectivity index (χ3n) is 2.49. The van der Waals surface area contributed by atoms with Crippen LogP contribution in [-0.4, -0.2) is 10.2 Å². The lowest BCUT2D eigenvalue weighted by Crippen LogP contribution is -1.93. The van der Waals surface area contributed by atoms with E-state index in [-0.39, 0.29) is 5.92 Å². The maximum atomic E-state index is 5.97. The van der Waals surface area contributed by atoms with E-state index >= 15 is 0 Å². The van der Waals surface area contributed by atoms with Gasteiger partial charge in [0.2, 0.25) is 11.8 Å². The molecule has 0 saturated heterocycles. The van der Waals surface area contributed by atoms with Gasteiger partial charge in [-0.05, 0) is 18.6 Å². The van der Waals surface area contributed by atoms with Gasteiger partial charge in [0, 0.05) is 11.6 Å². The van der Waals surface area contributed by atoms with Crippen LogP contribution < -0.4 is 5.73 Å². The maximum absolute atomic E-state index is 5.97. The molecular weight excluding hydrogens is 202 g/mol. The second-order valence-corrected chi connectivity index (χ2v) is 4.14. The molecule has 2 N–H and O–H groups in total. The van der Waals surface area contributed by atoms with Crippen LogP contribution in [0.25, 0.3) is 11.5 Å². The lowest BCUT2D eigenvalue weighted by molar-refractivity contribution is 0.481. The fourth-order valence-electron chi connectivity index (χ4n) is 1.44. The van der Waals surface area contributed by atoms with Gasteiger partial charge in [-0.3, -0.25) is 0 Å². The third kappa shape index (κ3) is 1.78. The SMILES string of the molecule is Cc1cccc(-c2nnc(C(C)C)o2)c1N. The molecule has 2 rings (SSSR count). The molecule has 1 heterocycles. The lowest BCUT2D eigenvalue weighted by atomic mass is 10.1. The molecule has 0 aliphatic carbocycles. The molecule has 1 aromatic heterocycles. The zero-order valence-corrected chi connectivity index (χ0v) is 9.69. The van der Waals surface area contributed by atoms with E-state index in [0.29, 0.717) is 17.5 Å². The number of nitrogens with two attached hydrogens (primary N) is 1. The van der Waals surface area contributed by atoms with Gasteiger partial charge in [0.05, 0.1) is 5.56 Å². The monoisotopic (exact) mass is 217 g/mol. The van der Waals surface area contributed by atoms with Crippen molar-refractivity contribution >= 4 is 5.69 Å². The second-order valence-electron chi connectivity index (χ2n) is 4.14. The number of para-hydroxylation sites is 1. The normalized spacial score (nSPS) is 11.0. The van der Waals surface area contributed by atoms with Crippen molar-refractivity contribution < 1.29 is 4.42 Å². The molecule has 0 fully saturated rings. The summed E-state index contributed by atoms with van der Waals surface area (Å²) in [6.45, 7) is 5.98. The van der Waals surface area contributed by atoms with Gasteiger partial charge in [-0.15, -0.1) is 10.2 Å². The van der Waals surface area contributed by atoms with Gasteiger partial charge in [-0.25, -0.2) is 0 Å². The predicted octanol–water partition coefficient (Wildman–Crippen LogP) is 2.75. The third-order valence-corrected chi connectivity index (χ3v) is 2.49. The molecule has 0 spiro atoms. The molecule has 0 unspecified atom stereocenters. The summed E-state index contributed by atoms with van der Waals surface area (Å²) in [5.74, 6) is 1.35. The number of anilines is 1. The Morgan fingerprint density at radius 2 is 2.00 bits per heavy atom. The molecule has 16 heavy (non-hydrogen) atoms. The van der Waals surface area contributed by atoms with Crippen molar-refractivity contribution in [2.24, 2.45) is 0 Å². The molecule has 4 nitrogen and oxygen atoms in total. The van der Waals surface area contributed by atoms with E-state index in [2.05, 4.69) is 10.2 Å². The Balaban J connectivity index is 2.47. The molecule has 0 atom stereocenters. The number of nitrogen functional groups attached to an aromatic ring is 1. The van der Waals surface area contributed by atoms with Gasteiger partial charge in [0.25, 0.3) is 0 Å². The first-order chi connectivity index (χ1) is 7.59. The van der Waals surface area contributed by atoms with Crippen LogP contribution in [0.4, 0.5) is 5.69 Å². The van der Waals surface area contributed by atoms with Crippen molar-refractivity contribution in [3.05, 3.63) is 29.7 Å². The second kappa shape index (κ2) is 3.96. The topological polar surface area (TPSA) is 64.9 Å². The fraction of sp³-hybridized carbons (Fsp3) is 0.333. The van der Waals surface area contributed by atoms with E-state index in [9.17, 15) is 0 Å². The molecule has 84 valence electrons. The number of aromatic nitrogens is 2. The highest BCUT2D eigenvalue weighted by molar-refractivity contribution is 5.72. The summed E-state index contributed by atoms with van der Waals surface area (Å²) < 4.78 is 5.56. The van der Waals surface area contributed by atoms with Gasteiger partial charge in [-0.1, -0.05) is 26.0 Å². The van der Waals surface area contributed by atoms with Crippen LogP contribution >= 0.6 is 0 Å². The first kappa shape index (κ1) is 10.7. The predicted molar refractivity (Wildman–Crippen MR) is 63.0 cm³/mol. The minimum absolute atomic E-state index is 0.229. The van der Waals surface area contributed by atoms with Crippen LogP contribution in [0.5, 0.6) is 0 Å².